The third-order valence-electron chi connectivity index (χ3n) is 3.10. The van der Waals surface area contributed by atoms with Crippen molar-refractivity contribution >= 4 is 22.7 Å². The van der Waals surface area contributed by atoms with Crippen LogP contribution < -0.4 is 5.73 Å². The molecule has 0 radical (unpaired) electrons. The minimum absolute atomic E-state index is 0.214. The lowest BCUT2D eigenvalue weighted by Gasteiger charge is -1.99. The topological polar surface area (TPSA) is 93.9 Å². The van der Waals surface area contributed by atoms with Crippen LogP contribution in [0.2, 0.25) is 0 Å². The SMILES string of the molecule is CCOC(=O)c1[nH]c2nc(-c3ccccc3)ncc2c1N. The predicted octanol–water partition coefficient (Wildman–Crippen LogP) is 2.38. The van der Waals surface area contributed by atoms with Crippen molar-refractivity contribution in [1.82, 2.24) is 15.0 Å². The average Bonchev–Trinajstić information content (AvgIpc) is 2.85. The highest BCUT2D eigenvalue weighted by molar-refractivity contribution is 6.04. The number of hydrogen-bond donors (Lipinski definition) is 2. The van der Waals surface area contributed by atoms with Gasteiger partial charge in [-0.2, -0.15) is 0 Å². The van der Waals surface area contributed by atoms with Crippen molar-refractivity contribution in [2.75, 3.05) is 12.3 Å². The molecule has 0 atom stereocenters. The van der Waals surface area contributed by atoms with Crippen molar-refractivity contribution in [1.29, 1.82) is 0 Å². The monoisotopic (exact) mass is 282 g/mol. The summed E-state index contributed by atoms with van der Waals surface area (Å²) in [6, 6.07) is 9.58. The second kappa shape index (κ2) is 5.24. The Morgan fingerprint density at radius 1 is 1.33 bits per heavy atom. The van der Waals surface area contributed by atoms with Crippen molar-refractivity contribution in [2.45, 2.75) is 6.92 Å². The minimum atomic E-state index is -0.491. The largest absolute Gasteiger partial charge is 0.461 e. The van der Waals surface area contributed by atoms with Crippen LogP contribution in [0.3, 0.4) is 0 Å². The van der Waals surface area contributed by atoms with Gasteiger partial charge >= 0.3 is 5.97 Å². The number of nitrogens with zero attached hydrogens (tertiary/aromatic N) is 2. The highest BCUT2D eigenvalue weighted by atomic mass is 16.5. The molecule has 0 unspecified atom stereocenters. The van der Waals surface area contributed by atoms with Crippen LogP contribution in [-0.2, 0) is 4.74 Å². The van der Waals surface area contributed by atoms with Gasteiger partial charge in [0.05, 0.1) is 17.7 Å². The van der Waals surface area contributed by atoms with E-state index in [1.807, 2.05) is 30.3 Å². The van der Waals surface area contributed by atoms with E-state index in [9.17, 15) is 4.79 Å². The summed E-state index contributed by atoms with van der Waals surface area (Å²) in [4.78, 5) is 23.4. The molecule has 0 fully saturated rings. The van der Waals surface area contributed by atoms with Crippen molar-refractivity contribution in [3.8, 4) is 11.4 Å². The molecule has 0 aliphatic rings. The number of carbonyl (C=O) groups is 1. The van der Waals surface area contributed by atoms with Gasteiger partial charge in [-0.25, -0.2) is 14.8 Å². The highest BCUT2D eigenvalue weighted by Gasteiger charge is 2.18. The summed E-state index contributed by atoms with van der Waals surface area (Å²) in [5.41, 5.74) is 7.88. The molecule has 3 rings (SSSR count). The zero-order valence-electron chi connectivity index (χ0n) is 11.5. The Balaban J connectivity index is 2.09. The molecule has 106 valence electrons. The third kappa shape index (κ3) is 2.31. The second-order valence-electron chi connectivity index (χ2n) is 4.46. The van der Waals surface area contributed by atoms with Crippen LogP contribution in [0.5, 0.6) is 0 Å². The first-order chi connectivity index (χ1) is 10.2. The Kier molecular flexibility index (Phi) is 3.27. The van der Waals surface area contributed by atoms with E-state index in [0.29, 0.717) is 22.5 Å². The van der Waals surface area contributed by atoms with Gasteiger partial charge in [-0.05, 0) is 6.92 Å². The standard InChI is InChI=1S/C15H14N4O2/c1-2-21-15(20)12-11(16)10-8-17-13(19-14(10)18-12)9-6-4-3-5-7-9/h3-8H,2,16H2,1H3,(H,17,18,19). The molecule has 3 aromatic rings. The van der Waals surface area contributed by atoms with E-state index in [1.54, 1.807) is 13.1 Å². The summed E-state index contributed by atoms with van der Waals surface area (Å²) in [5, 5.41) is 0.609. The van der Waals surface area contributed by atoms with E-state index in [1.165, 1.54) is 0 Å². The lowest BCUT2D eigenvalue weighted by molar-refractivity contribution is 0.0522. The molecule has 0 aliphatic carbocycles. The van der Waals surface area contributed by atoms with Gasteiger partial charge in [-0.15, -0.1) is 0 Å². The number of rotatable bonds is 3. The quantitative estimate of drug-likeness (QED) is 0.719. The second-order valence-corrected chi connectivity index (χ2v) is 4.46. The van der Waals surface area contributed by atoms with Gasteiger partial charge in [0, 0.05) is 11.8 Å². The molecule has 0 bridgehead atoms. The Hall–Kier alpha value is -2.89. The van der Waals surface area contributed by atoms with Crippen LogP contribution >= 0.6 is 0 Å². The Labute approximate surface area is 121 Å². The molecule has 2 heterocycles. The van der Waals surface area contributed by atoms with Crippen LogP contribution in [0, 0.1) is 0 Å². The molecule has 6 nitrogen and oxygen atoms in total. The van der Waals surface area contributed by atoms with Gasteiger partial charge in [0.25, 0.3) is 0 Å². The van der Waals surface area contributed by atoms with E-state index in [0.717, 1.165) is 5.56 Å². The maximum Gasteiger partial charge on any atom is 0.356 e. The molecular weight excluding hydrogens is 268 g/mol. The number of aromatic nitrogens is 3. The number of nitrogens with two attached hydrogens (primary N) is 1. The van der Waals surface area contributed by atoms with Crippen LogP contribution in [-0.4, -0.2) is 27.5 Å². The summed E-state index contributed by atoms with van der Waals surface area (Å²) in [7, 11) is 0. The number of fused-ring (bicyclic) bond motifs is 1. The van der Waals surface area contributed by atoms with Crippen LogP contribution in [0.4, 0.5) is 5.69 Å². The molecule has 2 aromatic heterocycles. The van der Waals surface area contributed by atoms with Gasteiger partial charge in [0.1, 0.15) is 5.65 Å². The van der Waals surface area contributed by atoms with Gasteiger partial charge in [0.2, 0.25) is 0 Å². The average molecular weight is 282 g/mol. The zero-order chi connectivity index (χ0) is 14.8. The molecule has 21 heavy (non-hydrogen) atoms. The predicted molar refractivity (Wildman–Crippen MR) is 79.7 cm³/mol. The number of nitrogen functional groups attached to an aromatic ring is 1. The molecule has 0 saturated heterocycles. The van der Waals surface area contributed by atoms with Gasteiger partial charge in [0.15, 0.2) is 11.5 Å². The number of nitrogens with one attached hydrogen (secondary N) is 1. The third-order valence-corrected chi connectivity index (χ3v) is 3.10. The number of hydrogen-bond acceptors (Lipinski definition) is 5. The summed E-state index contributed by atoms with van der Waals surface area (Å²) in [6.45, 7) is 2.03. The Morgan fingerprint density at radius 3 is 2.81 bits per heavy atom. The smallest absolute Gasteiger partial charge is 0.356 e. The van der Waals surface area contributed by atoms with Crippen LogP contribution in [0.25, 0.3) is 22.4 Å². The van der Waals surface area contributed by atoms with Crippen molar-refractivity contribution in [2.24, 2.45) is 0 Å². The lowest BCUT2D eigenvalue weighted by atomic mass is 10.2. The van der Waals surface area contributed by atoms with Crippen molar-refractivity contribution < 1.29 is 9.53 Å². The first-order valence-electron chi connectivity index (χ1n) is 6.57. The number of H-pyrrole nitrogens is 1. The molecule has 0 spiro atoms. The molecule has 0 amide bonds. The Morgan fingerprint density at radius 2 is 2.10 bits per heavy atom. The van der Waals surface area contributed by atoms with Gasteiger partial charge in [-0.1, -0.05) is 30.3 Å². The number of anilines is 1. The fraction of sp³-hybridized carbons (Fsp3) is 0.133. The number of esters is 1. The fourth-order valence-electron chi connectivity index (χ4n) is 2.09. The van der Waals surface area contributed by atoms with Crippen LogP contribution in [0.15, 0.2) is 36.5 Å². The molecular formula is C15H14N4O2. The first kappa shape index (κ1) is 13.1. The van der Waals surface area contributed by atoms with E-state index in [4.69, 9.17) is 10.5 Å². The van der Waals surface area contributed by atoms with E-state index >= 15 is 0 Å². The summed E-state index contributed by atoms with van der Waals surface area (Å²) < 4.78 is 4.95. The molecule has 1 aromatic carbocycles. The minimum Gasteiger partial charge on any atom is -0.461 e. The number of aromatic amines is 1. The van der Waals surface area contributed by atoms with Crippen LogP contribution in [0.1, 0.15) is 17.4 Å². The van der Waals surface area contributed by atoms with Gasteiger partial charge < -0.3 is 15.5 Å². The maximum atomic E-state index is 11.8. The summed E-state index contributed by atoms with van der Waals surface area (Å²) in [5.74, 6) is 0.0778. The van der Waals surface area contributed by atoms with E-state index in [2.05, 4.69) is 15.0 Å². The molecule has 3 N–H and O–H groups in total. The van der Waals surface area contributed by atoms with Crippen molar-refractivity contribution in [3.63, 3.8) is 0 Å². The summed E-state index contributed by atoms with van der Waals surface area (Å²) >= 11 is 0. The number of benzene rings is 1. The lowest BCUT2D eigenvalue weighted by Crippen LogP contribution is -2.07. The first-order valence-corrected chi connectivity index (χ1v) is 6.57. The highest BCUT2D eigenvalue weighted by Crippen LogP contribution is 2.25. The summed E-state index contributed by atoms with van der Waals surface area (Å²) in [6.07, 6.45) is 1.61. The zero-order valence-corrected chi connectivity index (χ0v) is 11.5. The van der Waals surface area contributed by atoms with Crippen molar-refractivity contribution in [3.05, 3.63) is 42.2 Å². The number of ether oxygens (including phenoxy) is 1. The molecule has 0 saturated carbocycles. The Bertz CT molecular complexity index is 796. The molecule has 0 aliphatic heterocycles. The fourth-order valence-corrected chi connectivity index (χ4v) is 2.09. The van der Waals surface area contributed by atoms with Gasteiger partial charge in [-0.3, -0.25) is 0 Å². The number of carbonyl (C=O) groups excluding carboxylic acids is 1. The molecule has 6 heteroatoms. The normalized spacial score (nSPS) is 10.7. The maximum absolute atomic E-state index is 11.8. The van der Waals surface area contributed by atoms with E-state index in [-0.39, 0.29) is 12.3 Å². The van der Waals surface area contributed by atoms with E-state index < -0.39 is 5.97 Å².